The highest BCUT2D eigenvalue weighted by molar-refractivity contribution is 8.10. The number of nitrogens with two attached hydrogens (primary N) is 1. The lowest BCUT2D eigenvalue weighted by Gasteiger charge is -2.23. The van der Waals surface area contributed by atoms with Crippen LogP contribution in [0.2, 0.25) is 0 Å². The summed E-state index contributed by atoms with van der Waals surface area (Å²) in [5.74, 6) is -1.91. The minimum absolute atomic E-state index is 0.0190. The monoisotopic (exact) mass is 508 g/mol. The fourth-order valence-electron chi connectivity index (χ4n) is 3.88. The number of phenols is 2. The first kappa shape index (κ1) is 24.9. The lowest BCUT2D eigenvalue weighted by atomic mass is 10.1. The third kappa shape index (κ3) is 4.55. The van der Waals surface area contributed by atoms with Crippen LogP contribution in [0.25, 0.3) is 11.0 Å². The number of fused-ring (bicyclic) bond motifs is 1. The van der Waals surface area contributed by atoms with Crippen LogP contribution in [-0.2, 0) is 14.3 Å². The molecule has 4 rings (SSSR count). The van der Waals surface area contributed by atoms with E-state index in [1.54, 1.807) is 44.2 Å². The number of nitrogens with zero attached hydrogens (tertiary/aromatic N) is 1. The number of ether oxygens (including phenoxy) is 2. The number of hydrogen-bond donors (Lipinski definition) is 3. The van der Waals surface area contributed by atoms with Crippen LogP contribution < -0.4 is 16.3 Å². The summed E-state index contributed by atoms with van der Waals surface area (Å²) in [5.41, 5.74) is 7.35. The van der Waals surface area contributed by atoms with E-state index in [1.807, 2.05) is 0 Å². The quantitative estimate of drug-likeness (QED) is 0.428. The van der Waals surface area contributed by atoms with Gasteiger partial charge in [-0.05, 0) is 55.3 Å². The van der Waals surface area contributed by atoms with Crippen LogP contribution in [0.5, 0.6) is 11.5 Å². The Balaban J connectivity index is 2.08. The van der Waals surface area contributed by atoms with E-state index in [2.05, 4.69) is 0 Å². The zero-order valence-electron chi connectivity index (χ0n) is 19.6. The van der Waals surface area contributed by atoms with Gasteiger partial charge in [0, 0.05) is 5.22 Å². The molecule has 10 heteroatoms. The van der Waals surface area contributed by atoms with Gasteiger partial charge in [0.2, 0.25) is 5.91 Å². The van der Waals surface area contributed by atoms with Gasteiger partial charge in [0.25, 0.3) is 0 Å². The maximum absolute atomic E-state index is 13.8. The molecule has 9 nitrogen and oxygen atoms in total. The van der Waals surface area contributed by atoms with Crippen LogP contribution in [0, 0.1) is 0 Å². The predicted molar refractivity (Wildman–Crippen MR) is 135 cm³/mol. The van der Waals surface area contributed by atoms with E-state index >= 15 is 0 Å². The van der Waals surface area contributed by atoms with Crippen molar-refractivity contribution in [1.29, 1.82) is 0 Å². The maximum atomic E-state index is 13.8. The molecule has 1 aromatic heterocycles. The van der Waals surface area contributed by atoms with Crippen LogP contribution in [0.3, 0.4) is 0 Å². The van der Waals surface area contributed by atoms with Gasteiger partial charge < -0.3 is 25.4 Å². The van der Waals surface area contributed by atoms with Crippen molar-refractivity contribution in [3.05, 3.63) is 75.9 Å². The zero-order chi connectivity index (χ0) is 26.0. The zero-order valence-corrected chi connectivity index (χ0v) is 20.4. The average Bonchev–Trinajstić information content (AvgIpc) is 3.14. The van der Waals surface area contributed by atoms with E-state index in [0.29, 0.717) is 11.1 Å². The standard InChI is InChI=1S/C26H24N2O7S/c1-3-34-25(32)21-19(27)18(13-14-5-9-16(29)10-6-14)20-23(26(33)35-4-2)36-22(24(31)28(20)21)15-7-11-17(30)12-8-15/h5-13,22,29-30H,3-4,27H2,1-2H3/b18-13+. The third-order valence-electron chi connectivity index (χ3n) is 5.47. The molecule has 0 amide bonds. The van der Waals surface area contributed by atoms with Gasteiger partial charge in [-0.2, -0.15) is 0 Å². The van der Waals surface area contributed by atoms with Crippen LogP contribution in [0.4, 0.5) is 5.69 Å². The number of esters is 2. The topological polar surface area (TPSA) is 141 Å². The second-order valence-corrected chi connectivity index (χ2v) is 8.91. The van der Waals surface area contributed by atoms with E-state index < -0.39 is 23.1 Å². The Kier molecular flexibility index (Phi) is 7.07. The largest absolute Gasteiger partial charge is 0.508 e. The Labute approximate surface area is 210 Å². The number of hydrogen-bond acceptors (Lipinski definition) is 9. The van der Waals surface area contributed by atoms with Crippen LogP contribution in [0.1, 0.15) is 45.5 Å². The van der Waals surface area contributed by atoms with Gasteiger partial charge in [-0.3, -0.25) is 9.36 Å². The number of rotatable bonds is 6. The Hall–Kier alpha value is -4.18. The molecule has 36 heavy (non-hydrogen) atoms. The first-order valence-corrected chi connectivity index (χ1v) is 12.0. The minimum Gasteiger partial charge on any atom is -0.508 e. The van der Waals surface area contributed by atoms with Crippen molar-refractivity contribution in [3.8, 4) is 11.5 Å². The van der Waals surface area contributed by atoms with Crippen molar-refractivity contribution in [2.45, 2.75) is 19.1 Å². The molecule has 0 saturated heterocycles. The number of aromatic hydroxyl groups is 2. The number of carbonyl (C=O) groups is 3. The molecule has 1 atom stereocenters. The fourth-order valence-corrected chi connectivity index (χ4v) is 5.08. The molecule has 0 saturated carbocycles. The summed E-state index contributed by atoms with van der Waals surface area (Å²) in [7, 11) is 0. The number of thioether (sulfide) groups is 1. The summed E-state index contributed by atoms with van der Waals surface area (Å²) in [6.45, 7) is 3.44. The van der Waals surface area contributed by atoms with E-state index in [-0.39, 0.29) is 51.6 Å². The van der Waals surface area contributed by atoms with Crippen molar-refractivity contribution >= 4 is 46.3 Å². The van der Waals surface area contributed by atoms with Gasteiger partial charge in [-0.15, -0.1) is 0 Å². The van der Waals surface area contributed by atoms with Gasteiger partial charge in [0.05, 0.1) is 24.3 Å². The SMILES string of the molecule is CCOC(=O)C1=c2/c(=C/c3ccc(O)cc3)c(N)c(C(=O)OCC)n2C(=O)C(c2ccc(O)cc2)S1. The Morgan fingerprint density at radius 1 is 0.972 bits per heavy atom. The molecule has 0 aliphatic carbocycles. The normalized spacial score (nSPS) is 15.5. The lowest BCUT2D eigenvalue weighted by molar-refractivity contribution is -0.135. The number of carbonyl (C=O) groups excluding carboxylic acids is 3. The van der Waals surface area contributed by atoms with E-state index in [1.165, 1.54) is 24.3 Å². The Morgan fingerprint density at radius 2 is 1.53 bits per heavy atom. The van der Waals surface area contributed by atoms with Gasteiger partial charge >= 0.3 is 11.9 Å². The number of nitrogen functional groups attached to an aromatic ring is 1. The summed E-state index contributed by atoms with van der Waals surface area (Å²) in [6, 6.07) is 12.2. The van der Waals surface area contributed by atoms with E-state index in [9.17, 15) is 24.6 Å². The molecule has 186 valence electrons. The average molecular weight is 509 g/mol. The number of phenolic OH excluding ortho intramolecular Hbond substituents is 2. The molecular weight excluding hydrogens is 484 g/mol. The molecule has 0 bridgehead atoms. The van der Waals surface area contributed by atoms with Crippen molar-refractivity contribution in [2.24, 2.45) is 0 Å². The lowest BCUT2D eigenvalue weighted by Crippen LogP contribution is -2.42. The second kappa shape index (κ2) is 10.2. The number of anilines is 1. The first-order valence-electron chi connectivity index (χ1n) is 11.2. The fraction of sp³-hybridized carbons (Fsp3) is 0.192. The molecular formula is C26H24N2O7S. The van der Waals surface area contributed by atoms with Gasteiger partial charge in [0.1, 0.15) is 21.7 Å². The van der Waals surface area contributed by atoms with Gasteiger partial charge in [0.15, 0.2) is 5.69 Å². The third-order valence-corrected chi connectivity index (χ3v) is 6.78. The van der Waals surface area contributed by atoms with Crippen LogP contribution >= 0.6 is 11.8 Å². The molecule has 3 aromatic rings. The second-order valence-electron chi connectivity index (χ2n) is 7.79. The Bertz CT molecular complexity index is 1460. The molecule has 2 heterocycles. The molecule has 0 spiro atoms. The smallest absolute Gasteiger partial charge is 0.357 e. The van der Waals surface area contributed by atoms with E-state index in [0.717, 1.165) is 16.3 Å². The molecule has 1 aliphatic rings. The van der Waals surface area contributed by atoms with Crippen LogP contribution in [-0.4, -0.2) is 45.8 Å². The molecule has 0 fully saturated rings. The molecule has 0 radical (unpaired) electrons. The molecule has 1 unspecified atom stereocenters. The molecule has 4 N–H and O–H groups in total. The van der Waals surface area contributed by atoms with Crippen LogP contribution in [0.15, 0.2) is 48.5 Å². The van der Waals surface area contributed by atoms with E-state index in [4.69, 9.17) is 15.2 Å². The van der Waals surface area contributed by atoms with Crippen molar-refractivity contribution in [3.63, 3.8) is 0 Å². The first-order chi connectivity index (χ1) is 17.3. The Morgan fingerprint density at radius 3 is 2.11 bits per heavy atom. The number of aromatic nitrogens is 1. The molecule has 2 aromatic carbocycles. The summed E-state index contributed by atoms with van der Waals surface area (Å²) in [5, 5.41) is 18.8. The predicted octanol–water partition coefficient (Wildman–Crippen LogP) is 2.29. The molecule has 1 aliphatic heterocycles. The highest BCUT2D eigenvalue weighted by Gasteiger charge is 2.38. The van der Waals surface area contributed by atoms with Gasteiger partial charge in [-0.25, -0.2) is 9.59 Å². The summed E-state index contributed by atoms with van der Waals surface area (Å²) < 4.78 is 11.6. The minimum atomic E-state index is -0.918. The maximum Gasteiger partial charge on any atom is 0.357 e. The summed E-state index contributed by atoms with van der Waals surface area (Å²) in [6.07, 6.45) is 1.62. The highest BCUT2D eigenvalue weighted by Crippen LogP contribution is 2.40. The van der Waals surface area contributed by atoms with Gasteiger partial charge in [-0.1, -0.05) is 36.0 Å². The highest BCUT2D eigenvalue weighted by atomic mass is 32.2. The van der Waals surface area contributed by atoms with Crippen molar-refractivity contribution < 1.29 is 34.1 Å². The summed E-state index contributed by atoms with van der Waals surface area (Å²) in [4.78, 5) is 40.0. The van der Waals surface area contributed by atoms with Crippen molar-refractivity contribution in [1.82, 2.24) is 4.57 Å². The number of benzene rings is 2. The summed E-state index contributed by atoms with van der Waals surface area (Å²) >= 11 is 0.986. The van der Waals surface area contributed by atoms with Crippen molar-refractivity contribution in [2.75, 3.05) is 18.9 Å².